The lowest BCUT2D eigenvalue weighted by molar-refractivity contribution is 0.0703. The normalized spacial score (nSPS) is 10.4. The van der Waals surface area contributed by atoms with Crippen molar-refractivity contribution < 1.29 is 14.3 Å². The highest BCUT2D eigenvalue weighted by Gasteiger charge is 2.18. The average molecular weight is 281 g/mol. The van der Waals surface area contributed by atoms with Crippen LogP contribution in [0.3, 0.4) is 0 Å². The number of anilines is 1. The van der Waals surface area contributed by atoms with E-state index in [1.807, 2.05) is 0 Å². The third kappa shape index (κ3) is 3.07. The number of nitrogens with two attached hydrogens (primary N) is 1. The van der Waals surface area contributed by atoms with Crippen LogP contribution < -0.4 is 11.1 Å². The third-order valence-electron chi connectivity index (χ3n) is 2.33. The van der Waals surface area contributed by atoms with E-state index in [1.54, 1.807) is 12.1 Å². The Morgan fingerprint density at radius 2 is 2.32 bits per heavy atom. The molecule has 0 saturated carbocycles. The van der Waals surface area contributed by atoms with Crippen molar-refractivity contribution in [2.24, 2.45) is 5.73 Å². The van der Waals surface area contributed by atoms with Gasteiger partial charge in [0, 0.05) is 18.7 Å². The predicted octanol–water partition coefficient (Wildman–Crippen LogP) is 2.02. The Labute approximate surface area is 112 Å². The number of benzene rings is 1. The summed E-state index contributed by atoms with van der Waals surface area (Å²) in [5, 5.41) is 12.4. The van der Waals surface area contributed by atoms with Gasteiger partial charge >= 0.3 is 5.97 Å². The van der Waals surface area contributed by atoms with E-state index in [-0.39, 0.29) is 16.5 Å². The molecule has 1 heterocycles. The number of carboxylic acid groups (broad SMARTS) is 1. The quantitative estimate of drug-likeness (QED) is 0.780. The number of rotatable bonds is 5. The van der Waals surface area contributed by atoms with E-state index in [2.05, 4.69) is 10.3 Å². The molecule has 0 radical (unpaired) electrons. The molecule has 1 aromatic carbocycles. The molecule has 4 N–H and O–H groups in total. The topological polar surface area (TPSA) is 88.2 Å². The zero-order valence-corrected chi connectivity index (χ0v) is 10.7. The maximum atomic E-state index is 13.1. The highest BCUT2D eigenvalue weighted by Crippen LogP contribution is 2.31. The summed E-state index contributed by atoms with van der Waals surface area (Å²) < 4.78 is 13.1. The zero-order chi connectivity index (χ0) is 13.8. The van der Waals surface area contributed by atoms with Crippen LogP contribution in [-0.4, -0.2) is 29.1 Å². The SMILES string of the molecule is NCCNc1nc(-c2cccc(F)c2)sc1C(=O)O. The van der Waals surface area contributed by atoms with E-state index in [9.17, 15) is 9.18 Å². The van der Waals surface area contributed by atoms with Gasteiger partial charge in [0.25, 0.3) is 0 Å². The van der Waals surface area contributed by atoms with Gasteiger partial charge in [-0.25, -0.2) is 14.2 Å². The molecule has 0 saturated heterocycles. The van der Waals surface area contributed by atoms with Gasteiger partial charge in [0.2, 0.25) is 0 Å². The molecular formula is C12H12FN3O2S. The second-order valence-corrected chi connectivity index (χ2v) is 4.73. The first-order chi connectivity index (χ1) is 9.11. The Bertz CT molecular complexity index is 600. The molecule has 7 heteroatoms. The number of carbonyl (C=O) groups is 1. The first-order valence-electron chi connectivity index (χ1n) is 5.56. The van der Waals surface area contributed by atoms with Gasteiger partial charge in [-0.2, -0.15) is 0 Å². The summed E-state index contributed by atoms with van der Waals surface area (Å²) in [5.74, 6) is -1.19. The maximum Gasteiger partial charge on any atom is 0.349 e. The molecule has 100 valence electrons. The Balaban J connectivity index is 2.39. The van der Waals surface area contributed by atoms with Crippen LogP contribution in [0.15, 0.2) is 24.3 Å². The molecule has 1 aromatic heterocycles. The summed E-state index contributed by atoms with van der Waals surface area (Å²) in [5.41, 5.74) is 5.91. The van der Waals surface area contributed by atoms with Crippen LogP contribution in [-0.2, 0) is 0 Å². The van der Waals surface area contributed by atoms with Crippen LogP contribution in [0.2, 0.25) is 0 Å². The Morgan fingerprint density at radius 1 is 1.53 bits per heavy atom. The van der Waals surface area contributed by atoms with E-state index in [4.69, 9.17) is 10.8 Å². The number of hydrogen-bond donors (Lipinski definition) is 3. The van der Waals surface area contributed by atoms with Gasteiger partial charge in [-0.1, -0.05) is 12.1 Å². The highest BCUT2D eigenvalue weighted by atomic mass is 32.1. The molecule has 2 aromatic rings. The number of halogens is 1. The molecule has 0 atom stereocenters. The number of carboxylic acids is 1. The summed E-state index contributed by atoms with van der Waals surface area (Å²) in [4.78, 5) is 15.4. The van der Waals surface area contributed by atoms with Crippen molar-refractivity contribution in [3.8, 4) is 10.6 Å². The molecule has 0 spiro atoms. The summed E-state index contributed by atoms with van der Waals surface area (Å²) >= 11 is 0.999. The molecule has 0 aliphatic carbocycles. The summed E-state index contributed by atoms with van der Waals surface area (Å²) in [6.07, 6.45) is 0. The molecule has 0 unspecified atom stereocenters. The van der Waals surface area contributed by atoms with E-state index in [0.717, 1.165) is 11.3 Å². The first-order valence-corrected chi connectivity index (χ1v) is 6.37. The van der Waals surface area contributed by atoms with Gasteiger partial charge in [0.1, 0.15) is 10.8 Å². The maximum absolute atomic E-state index is 13.1. The van der Waals surface area contributed by atoms with Crippen molar-refractivity contribution in [3.05, 3.63) is 35.0 Å². The van der Waals surface area contributed by atoms with Crippen LogP contribution in [0, 0.1) is 5.82 Å². The van der Waals surface area contributed by atoms with E-state index < -0.39 is 5.97 Å². The second-order valence-electron chi connectivity index (χ2n) is 3.73. The number of nitrogens with zero attached hydrogens (tertiary/aromatic N) is 1. The third-order valence-corrected chi connectivity index (χ3v) is 3.42. The minimum Gasteiger partial charge on any atom is -0.477 e. The van der Waals surface area contributed by atoms with Crippen molar-refractivity contribution in [3.63, 3.8) is 0 Å². The number of aromatic nitrogens is 1. The Kier molecular flexibility index (Phi) is 4.08. The van der Waals surface area contributed by atoms with Gasteiger partial charge in [-0.15, -0.1) is 11.3 Å². The number of thiazole rings is 1. The predicted molar refractivity (Wildman–Crippen MR) is 72.0 cm³/mol. The number of nitrogens with one attached hydrogen (secondary N) is 1. The largest absolute Gasteiger partial charge is 0.477 e. The lowest BCUT2D eigenvalue weighted by atomic mass is 10.2. The summed E-state index contributed by atoms with van der Waals surface area (Å²) in [6, 6.07) is 5.87. The lowest BCUT2D eigenvalue weighted by Gasteiger charge is -2.00. The first kappa shape index (κ1) is 13.4. The van der Waals surface area contributed by atoms with Gasteiger partial charge in [-0.3, -0.25) is 0 Å². The minimum absolute atomic E-state index is 0.0905. The number of aromatic carboxylic acids is 1. The van der Waals surface area contributed by atoms with E-state index in [1.165, 1.54) is 12.1 Å². The van der Waals surface area contributed by atoms with Crippen molar-refractivity contribution in [2.75, 3.05) is 18.4 Å². The average Bonchev–Trinajstić information content (AvgIpc) is 2.80. The fourth-order valence-electron chi connectivity index (χ4n) is 1.52. The zero-order valence-electron chi connectivity index (χ0n) is 9.89. The van der Waals surface area contributed by atoms with Gasteiger partial charge in [0.05, 0.1) is 0 Å². The van der Waals surface area contributed by atoms with Crippen LogP contribution in [0.1, 0.15) is 9.67 Å². The number of hydrogen-bond acceptors (Lipinski definition) is 5. The highest BCUT2D eigenvalue weighted by molar-refractivity contribution is 7.17. The fourth-order valence-corrected chi connectivity index (χ4v) is 2.40. The van der Waals surface area contributed by atoms with Gasteiger partial charge in [-0.05, 0) is 12.1 Å². The molecular weight excluding hydrogens is 269 g/mol. The molecule has 0 amide bonds. The fraction of sp³-hybridized carbons (Fsp3) is 0.167. The van der Waals surface area contributed by atoms with Gasteiger partial charge < -0.3 is 16.2 Å². The van der Waals surface area contributed by atoms with Crippen LogP contribution in [0.4, 0.5) is 10.2 Å². The van der Waals surface area contributed by atoms with E-state index >= 15 is 0 Å². The van der Waals surface area contributed by atoms with E-state index in [0.29, 0.717) is 23.7 Å². The second kappa shape index (κ2) is 5.77. The van der Waals surface area contributed by atoms with Crippen molar-refractivity contribution in [1.82, 2.24) is 4.98 Å². The smallest absolute Gasteiger partial charge is 0.349 e. The van der Waals surface area contributed by atoms with Crippen LogP contribution in [0.25, 0.3) is 10.6 Å². The van der Waals surface area contributed by atoms with Crippen molar-refractivity contribution in [2.45, 2.75) is 0 Å². The molecule has 0 aliphatic rings. The molecule has 0 fully saturated rings. The Morgan fingerprint density at radius 3 is 2.95 bits per heavy atom. The Hall–Kier alpha value is -1.99. The standard InChI is InChI=1S/C12H12FN3O2S/c13-8-3-1-2-7(6-8)11-16-10(15-5-4-14)9(19-11)12(17)18/h1-3,6,15H,4-5,14H2,(H,17,18). The molecule has 19 heavy (non-hydrogen) atoms. The molecule has 0 bridgehead atoms. The van der Waals surface area contributed by atoms with Crippen molar-refractivity contribution >= 4 is 23.1 Å². The lowest BCUT2D eigenvalue weighted by Crippen LogP contribution is -2.14. The van der Waals surface area contributed by atoms with Gasteiger partial charge in [0.15, 0.2) is 10.7 Å². The minimum atomic E-state index is -1.07. The molecule has 2 rings (SSSR count). The van der Waals surface area contributed by atoms with Crippen molar-refractivity contribution in [1.29, 1.82) is 0 Å². The molecule has 5 nitrogen and oxygen atoms in total. The van der Waals surface area contributed by atoms with Crippen LogP contribution >= 0.6 is 11.3 Å². The summed E-state index contributed by atoms with van der Waals surface area (Å²) in [6.45, 7) is 0.790. The monoisotopic (exact) mass is 281 g/mol. The van der Waals surface area contributed by atoms with Crippen LogP contribution in [0.5, 0.6) is 0 Å². The molecule has 0 aliphatic heterocycles. The summed E-state index contributed by atoms with van der Waals surface area (Å²) in [7, 11) is 0.